The Morgan fingerprint density at radius 2 is 1.77 bits per heavy atom. The SMILES string of the molecule is Cc1ccc(-c2ccncc2)n1C. The van der Waals surface area contributed by atoms with Gasteiger partial charge < -0.3 is 4.57 Å². The van der Waals surface area contributed by atoms with Gasteiger partial charge in [-0.05, 0) is 31.2 Å². The summed E-state index contributed by atoms with van der Waals surface area (Å²) >= 11 is 0. The number of aryl methyl sites for hydroxylation is 1. The van der Waals surface area contributed by atoms with E-state index in [2.05, 4.69) is 35.7 Å². The lowest BCUT2D eigenvalue weighted by Crippen LogP contribution is -1.93. The first-order valence-electron chi connectivity index (χ1n) is 4.32. The van der Waals surface area contributed by atoms with Gasteiger partial charge in [-0.2, -0.15) is 0 Å². The van der Waals surface area contributed by atoms with Crippen molar-refractivity contribution in [2.24, 2.45) is 7.05 Å². The number of hydrogen-bond donors (Lipinski definition) is 0. The van der Waals surface area contributed by atoms with Gasteiger partial charge in [0.2, 0.25) is 0 Å². The molecular formula is C11H12N2. The van der Waals surface area contributed by atoms with Crippen LogP contribution < -0.4 is 0 Å². The lowest BCUT2D eigenvalue weighted by Gasteiger charge is -2.04. The normalized spacial score (nSPS) is 10.3. The molecule has 0 amide bonds. The van der Waals surface area contributed by atoms with Gasteiger partial charge in [-0.1, -0.05) is 0 Å². The summed E-state index contributed by atoms with van der Waals surface area (Å²) in [5, 5.41) is 0. The minimum absolute atomic E-state index is 1.21. The molecular weight excluding hydrogens is 160 g/mol. The highest BCUT2D eigenvalue weighted by Gasteiger charge is 2.02. The fraction of sp³-hybridized carbons (Fsp3) is 0.182. The third-order valence-corrected chi connectivity index (χ3v) is 2.35. The van der Waals surface area contributed by atoms with Crippen LogP contribution in [0.25, 0.3) is 11.3 Å². The molecule has 0 atom stereocenters. The molecule has 0 radical (unpaired) electrons. The fourth-order valence-corrected chi connectivity index (χ4v) is 1.43. The van der Waals surface area contributed by atoms with Crippen LogP contribution in [0.15, 0.2) is 36.7 Å². The van der Waals surface area contributed by atoms with E-state index < -0.39 is 0 Å². The molecule has 0 saturated heterocycles. The van der Waals surface area contributed by atoms with Crippen molar-refractivity contribution in [1.82, 2.24) is 9.55 Å². The van der Waals surface area contributed by atoms with Gasteiger partial charge in [-0.3, -0.25) is 4.98 Å². The fourth-order valence-electron chi connectivity index (χ4n) is 1.43. The van der Waals surface area contributed by atoms with Crippen LogP contribution in [0.3, 0.4) is 0 Å². The summed E-state index contributed by atoms with van der Waals surface area (Å²) in [5.74, 6) is 0. The van der Waals surface area contributed by atoms with Crippen LogP contribution in [-0.4, -0.2) is 9.55 Å². The second-order valence-electron chi connectivity index (χ2n) is 3.15. The highest BCUT2D eigenvalue weighted by molar-refractivity contribution is 5.59. The molecule has 2 rings (SSSR count). The molecule has 13 heavy (non-hydrogen) atoms. The molecule has 0 aliphatic rings. The molecule has 0 N–H and O–H groups in total. The lowest BCUT2D eigenvalue weighted by atomic mass is 10.2. The molecule has 2 heteroatoms. The maximum Gasteiger partial charge on any atom is 0.0480 e. The van der Waals surface area contributed by atoms with E-state index in [9.17, 15) is 0 Å². The van der Waals surface area contributed by atoms with Crippen LogP contribution >= 0.6 is 0 Å². The maximum absolute atomic E-state index is 4.00. The molecule has 2 heterocycles. The number of pyridine rings is 1. The summed E-state index contributed by atoms with van der Waals surface area (Å²) in [4.78, 5) is 4.00. The van der Waals surface area contributed by atoms with E-state index in [1.54, 1.807) is 0 Å². The van der Waals surface area contributed by atoms with Crippen molar-refractivity contribution in [3.63, 3.8) is 0 Å². The van der Waals surface area contributed by atoms with Gasteiger partial charge in [-0.25, -0.2) is 0 Å². The van der Waals surface area contributed by atoms with Crippen LogP contribution in [0.4, 0.5) is 0 Å². The zero-order valence-corrected chi connectivity index (χ0v) is 7.86. The third kappa shape index (κ3) is 1.35. The van der Waals surface area contributed by atoms with Crippen molar-refractivity contribution in [2.45, 2.75) is 6.92 Å². The summed E-state index contributed by atoms with van der Waals surface area (Å²) in [5.41, 5.74) is 3.72. The molecule has 2 nitrogen and oxygen atoms in total. The Morgan fingerprint density at radius 1 is 1.08 bits per heavy atom. The zero-order chi connectivity index (χ0) is 9.26. The Kier molecular flexibility index (Phi) is 1.89. The average molecular weight is 172 g/mol. The first-order chi connectivity index (χ1) is 6.29. The van der Waals surface area contributed by atoms with Gasteiger partial charge in [0, 0.05) is 36.4 Å². The van der Waals surface area contributed by atoms with Crippen LogP contribution in [0, 0.1) is 6.92 Å². The molecule has 0 spiro atoms. The van der Waals surface area contributed by atoms with Crippen molar-refractivity contribution in [3.8, 4) is 11.3 Å². The smallest absolute Gasteiger partial charge is 0.0480 e. The Hall–Kier alpha value is -1.57. The van der Waals surface area contributed by atoms with Crippen molar-refractivity contribution < 1.29 is 0 Å². The van der Waals surface area contributed by atoms with E-state index in [-0.39, 0.29) is 0 Å². The molecule has 0 aliphatic carbocycles. The molecule has 0 fully saturated rings. The molecule has 2 aromatic rings. The Bertz CT molecular complexity index is 401. The molecule has 0 saturated carbocycles. The van der Waals surface area contributed by atoms with Gasteiger partial charge in [0.25, 0.3) is 0 Å². The molecule has 2 aromatic heterocycles. The van der Waals surface area contributed by atoms with E-state index in [4.69, 9.17) is 0 Å². The number of rotatable bonds is 1. The molecule has 0 aliphatic heterocycles. The van der Waals surface area contributed by atoms with Crippen molar-refractivity contribution in [1.29, 1.82) is 0 Å². The van der Waals surface area contributed by atoms with Gasteiger partial charge >= 0.3 is 0 Å². The summed E-state index contributed by atoms with van der Waals surface area (Å²) in [6.45, 7) is 2.10. The van der Waals surface area contributed by atoms with E-state index in [0.29, 0.717) is 0 Å². The van der Waals surface area contributed by atoms with Crippen LogP contribution in [-0.2, 0) is 7.05 Å². The zero-order valence-electron chi connectivity index (χ0n) is 7.86. The predicted molar refractivity (Wildman–Crippen MR) is 53.4 cm³/mol. The van der Waals surface area contributed by atoms with E-state index >= 15 is 0 Å². The summed E-state index contributed by atoms with van der Waals surface area (Å²) in [6, 6.07) is 8.30. The second kappa shape index (κ2) is 3.05. The maximum atomic E-state index is 4.00. The standard InChI is InChI=1S/C11H12N2/c1-9-3-4-11(13(9)2)10-5-7-12-8-6-10/h3-8H,1-2H3. The number of nitrogens with zero attached hydrogens (tertiary/aromatic N) is 2. The van der Waals surface area contributed by atoms with Crippen molar-refractivity contribution >= 4 is 0 Å². The van der Waals surface area contributed by atoms with Gasteiger partial charge in [0.15, 0.2) is 0 Å². The van der Waals surface area contributed by atoms with E-state index in [1.807, 2.05) is 24.5 Å². The number of hydrogen-bond acceptors (Lipinski definition) is 1. The Morgan fingerprint density at radius 3 is 2.31 bits per heavy atom. The van der Waals surface area contributed by atoms with E-state index in [1.165, 1.54) is 17.0 Å². The molecule has 0 unspecified atom stereocenters. The first-order valence-corrected chi connectivity index (χ1v) is 4.32. The van der Waals surface area contributed by atoms with Crippen LogP contribution in [0.2, 0.25) is 0 Å². The molecule has 0 aromatic carbocycles. The Labute approximate surface area is 77.9 Å². The minimum atomic E-state index is 1.21. The van der Waals surface area contributed by atoms with Crippen molar-refractivity contribution in [3.05, 3.63) is 42.4 Å². The highest BCUT2D eigenvalue weighted by Crippen LogP contribution is 2.19. The average Bonchev–Trinajstić information content (AvgIpc) is 2.49. The third-order valence-electron chi connectivity index (χ3n) is 2.35. The van der Waals surface area contributed by atoms with Gasteiger partial charge in [0.1, 0.15) is 0 Å². The van der Waals surface area contributed by atoms with Gasteiger partial charge in [-0.15, -0.1) is 0 Å². The highest BCUT2D eigenvalue weighted by atomic mass is 14.9. The van der Waals surface area contributed by atoms with Crippen LogP contribution in [0.1, 0.15) is 5.69 Å². The number of aromatic nitrogens is 2. The second-order valence-corrected chi connectivity index (χ2v) is 3.15. The van der Waals surface area contributed by atoms with Crippen molar-refractivity contribution in [2.75, 3.05) is 0 Å². The lowest BCUT2D eigenvalue weighted by molar-refractivity contribution is 0.891. The first kappa shape index (κ1) is 8.05. The topological polar surface area (TPSA) is 17.8 Å². The van der Waals surface area contributed by atoms with Gasteiger partial charge in [0.05, 0.1) is 0 Å². The minimum Gasteiger partial charge on any atom is -0.348 e. The monoisotopic (exact) mass is 172 g/mol. The largest absolute Gasteiger partial charge is 0.348 e. The van der Waals surface area contributed by atoms with Crippen LogP contribution in [0.5, 0.6) is 0 Å². The van der Waals surface area contributed by atoms with E-state index in [0.717, 1.165) is 0 Å². The Balaban J connectivity index is 2.53. The quantitative estimate of drug-likeness (QED) is 0.645. The molecule has 0 bridgehead atoms. The predicted octanol–water partition coefficient (Wildman–Crippen LogP) is 2.40. The summed E-state index contributed by atoms with van der Waals surface area (Å²) in [7, 11) is 2.07. The summed E-state index contributed by atoms with van der Waals surface area (Å²) < 4.78 is 2.18. The summed E-state index contributed by atoms with van der Waals surface area (Å²) in [6.07, 6.45) is 3.63. The molecule has 66 valence electrons.